The Balaban J connectivity index is 3.07. The van der Waals surface area contributed by atoms with E-state index in [0.29, 0.717) is 0 Å². The van der Waals surface area contributed by atoms with Crippen molar-refractivity contribution < 1.29 is 45.0 Å². The van der Waals surface area contributed by atoms with Crippen molar-refractivity contribution in [3.63, 3.8) is 0 Å². The van der Waals surface area contributed by atoms with E-state index in [1.54, 1.807) is 0 Å². The molecule has 1 amide bonds. The number of rotatable bonds is 5. The van der Waals surface area contributed by atoms with Crippen LogP contribution >= 0.6 is 0 Å². The van der Waals surface area contributed by atoms with Crippen LogP contribution in [-0.2, 0) is 14.3 Å². The Morgan fingerprint density at radius 2 is 2.00 bits per heavy atom. The highest BCUT2D eigenvalue weighted by Crippen LogP contribution is 2.30. The minimum atomic E-state index is -2.78. The summed E-state index contributed by atoms with van der Waals surface area (Å²) in [6.45, 7) is 0.256. The number of carbonyl (C=O) groups excluding carboxylic acids is 1. The summed E-state index contributed by atoms with van der Waals surface area (Å²) in [5.41, 5.74) is 0. The number of hydrogen-bond donors (Lipinski definition) is 7. The van der Waals surface area contributed by atoms with Gasteiger partial charge in [0.05, 0.1) is 18.8 Å². The summed E-state index contributed by atoms with van der Waals surface area (Å²) < 4.78 is 4.86. The maximum absolute atomic E-state index is 11.1. The molecule has 21 heavy (non-hydrogen) atoms. The highest BCUT2D eigenvalue weighted by Gasteiger charge is 2.53. The molecule has 10 heteroatoms. The SMILES string of the molecule is CC(=O)N[C@H]1[C@@H]([C@@H](O)[C@H](O)CO)O[C@@](O)(C(=O)O)C[C@H]1O. The second-order valence-corrected chi connectivity index (χ2v) is 4.91. The highest BCUT2D eigenvalue weighted by molar-refractivity contribution is 5.76. The van der Waals surface area contributed by atoms with Crippen LogP contribution in [-0.4, -0.2) is 85.4 Å². The molecule has 1 rings (SSSR count). The minimum Gasteiger partial charge on any atom is -0.477 e. The van der Waals surface area contributed by atoms with E-state index < -0.39 is 61.1 Å². The molecule has 0 aromatic rings. The molecule has 0 saturated carbocycles. The van der Waals surface area contributed by atoms with Crippen molar-refractivity contribution in [3.8, 4) is 0 Å². The number of aliphatic carboxylic acids is 1. The standard InChI is InChI=1S/C11H19NO9/c1-4(14)12-7-5(15)2-11(20,10(18)19)21-9(7)8(17)6(16)3-13/h5-9,13,15-17,20H,2-3H2,1H3,(H,12,14)(H,18,19)/t5-,6-,7-,8+,9+,11-/m1/s1. The number of carboxylic acid groups (broad SMARTS) is 1. The predicted octanol–water partition coefficient (Wildman–Crippen LogP) is -3.87. The Morgan fingerprint density at radius 1 is 1.43 bits per heavy atom. The molecule has 1 saturated heterocycles. The first-order valence-corrected chi connectivity index (χ1v) is 6.18. The van der Waals surface area contributed by atoms with Crippen LogP contribution in [0.3, 0.4) is 0 Å². The van der Waals surface area contributed by atoms with Gasteiger partial charge in [-0.15, -0.1) is 0 Å². The Kier molecular flexibility index (Phi) is 5.61. The van der Waals surface area contributed by atoms with E-state index in [-0.39, 0.29) is 0 Å². The lowest BCUT2D eigenvalue weighted by Gasteiger charge is -2.44. The van der Waals surface area contributed by atoms with Crippen molar-refractivity contribution in [1.82, 2.24) is 5.32 Å². The van der Waals surface area contributed by atoms with Gasteiger partial charge in [-0.2, -0.15) is 0 Å². The Morgan fingerprint density at radius 3 is 2.43 bits per heavy atom. The van der Waals surface area contributed by atoms with Gasteiger partial charge in [0.15, 0.2) is 0 Å². The lowest BCUT2D eigenvalue weighted by atomic mass is 9.88. The van der Waals surface area contributed by atoms with Gasteiger partial charge < -0.3 is 40.7 Å². The number of carboxylic acids is 1. The number of nitrogens with one attached hydrogen (secondary N) is 1. The number of amides is 1. The molecule has 10 nitrogen and oxygen atoms in total. The van der Waals surface area contributed by atoms with Gasteiger partial charge in [0.2, 0.25) is 5.91 Å². The van der Waals surface area contributed by atoms with Crippen LogP contribution in [0.5, 0.6) is 0 Å². The molecule has 0 spiro atoms. The lowest BCUT2D eigenvalue weighted by molar-refractivity contribution is -0.295. The van der Waals surface area contributed by atoms with E-state index in [1.165, 1.54) is 0 Å². The van der Waals surface area contributed by atoms with E-state index in [4.69, 9.17) is 14.9 Å². The maximum Gasteiger partial charge on any atom is 0.364 e. The average molecular weight is 309 g/mol. The molecule has 1 heterocycles. The molecule has 7 N–H and O–H groups in total. The van der Waals surface area contributed by atoms with Crippen LogP contribution < -0.4 is 5.32 Å². The van der Waals surface area contributed by atoms with Crippen LogP contribution in [0.1, 0.15) is 13.3 Å². The topological polar surface area (TPSA) is 177 Å². The van der Waals surface area contributed by atoms with Gasteiger partial charge in [0, 0.05) is 13.3 Å². The Hall–Kier alpha value is -1.30. The normalized spacial score (nSPS) is 35.8. The van der Waals surface area contributed by atoms with E-state index in [1.807, 2.05) is 0 Å². The maximum atomic E-state index is 11.1. The van der Waals surface area contributed by atoms with Gasteiger partial charge in [-0.05, 0) is 0 Å². The molecule has 0 radical (unpaired) electrons. The molecular formula is C11H19NO9. The highest BCUT2D eigenvalue weighted by atomic mass is 16.7. The van der Waals surface area contributed by atoms with Crippen LogP contribution in [0.2, 0.25) is 0 Å². The Bertz CT molecular complexity index is 403. The molecule has 0 unspecified atom stereocenters. The number of aliphatic hydroxyl groups is 5. The van der Waals surface area contributed by atoms with Gasteiger partial charge in [0.1, 0.15) is 18.3 Å². The van der Waals surface area contributed by atoms with Crippen molar-refractivity contribution in [2.24, 2.45) is 0 Å². The third-order valence-corrected chi connectivity index (χ3v) is 3.21. The van der Waals surface area contributed by atoms with Crippen molar-refractivity contribution in [2.75, 3.05) is 6.61 Å². The van der Waals surface area contributed by atoms with Gasteiger partial charge in [-0.3, -0.25) is 4.79 Å². The summed E-state index contributed by atoms with van der Waals surface area (Å²) in [6, 6.07) is -1.27. The first-order valence-electron chi connectivity index (χ1n) is 6.18. The Labute approximate surface area is 119 Å². The first-order chi connectivity index (χ1) is 9.62. The summed E-state index contributed by atoms with van der Waals surface area (Å²) >= 11 is 0. The molecule has 1 aliphatic heterocycles. The zero-order valence-corrected chi connectivity index (χ0v) is 11.2. The number of hydrogen-bond acceptors (Lipinski definition) is 8. The van der Waals surface area contributed by atoms with Crippen molar-refractivity contribution in [2.45, 2.75) is 49.6 Å². The first kappa shape index (κ1) is 17.8. The van der Waals surface area contributed by atoms with Crippen molar-refractivity contribution in [3.05, 3.63) is 0 Å². The van der Waals surface area contributed by atoms with Gasteiger partial charge in [0.25, 0.3) is 5.79 Å². The predicted molar refractivity (Wildman–Crippen MR) is 64.8 cm³/mol. The second kappa shape index (κ2) is 6.64. The third-order valence-electron chi connectivity index (χ3n) is 3.21. The van der Waals surface area contributed by atoms with Crippen LogP contribution in [0.15, 0.2) is 0 Å². The van der Waals surface area contributed by atoms with Crippen LogP contribution in [0.25, 0.3) is 0 Å². The molecular weight excluding hydrogens is 290 g/mol. The fourth-order valence-corrected chi connectivity index (χ4v) is 2.14. The zero-order chi connectivity index (χ0) is 16.4. The van der Waals surface area contributed by atoms with Gasteiger partial charge in [-0.25, -0.2) is 4.79 Å². The summed E-state index contributed by atoms with van der Waals surface area (Å²) in [4.78, 5) is 22.1. The van der Waals surface area contributed by atoms with Crippen molar-refractivity contribution >= 4 is 11.9 Å². The van der Waals surface area contributed by atoms with Crippen LogP contribution in [0.4, 0.5) is 0 Å². The minimum absolute atomic E-state index is 0.598. The molecule has 6 atom stereocenters. The van der Waals surface area contributed by atoms with Crippen molar-refractivity contribution in [1.29, 1.82) is 0 Å². The molecule has 0 aliphatic carbocycles. The van der Waals surface area contributed by atoms with Gasteiger partial charge in [-0.1, -0.05) is 0 Å². The van der Waals surface area contributed by atoms with E-state index in [9.17, 15) is 30.0 Å². The fourth-order valence-electron chi connectivity index (χ4n) is 2.14. The molecule has 0 aromatic carbocycles. The fraction of sp³-hybridized carbons (Fsp3) is 0.818. The molecule has 0 bridgehead atoms. The lowest BCUT2D eigenvalue weighted by Crippen LogP contribution is -2.67. The second-order valence-electron chi connectivity index (χ2n) is 4.91. The molecule has 1 aliphatic rings. The molecule has 122 valence electrons. The average Bonchev–Trinajstić information content (AvgIpc) is 2.39. The summed E-state index contributed by atoms with van der Waals surface area (Å²) in [5, 5.41) is 59.0. The third kappa shape index (κ3) is 3.87. The van der Waals surface area contributed by atoms with E-state index in [0.717, 1.165) is 6.92 Å². The molecule has 0 aromatic heterocycles. The molecule has 1 fully saturated rings. The summed E-state index contributed by atoms with van der Waals surface area (Å²) in [6.07, 6.45) is -7.48. The zero-order valence-electron chi connectivity index (χ0n) is 11.2. The largest absolute Gasteiger partial charge is 0.477 e. The van der Waals surface area contributed by atoms with E-state index in [2.05, 4.69) is 5.32 Å². The van der Waals surface area contributed by atoms with E-state index >= 15 is 0 Å². The quantitative estimate of drug-likeness (QED) is 0.268. The van der Waals surface area contributed by atoms with Crippen LogP contribution in [0, 0.1) is 0 Å². The smallest absolute Gasteiger partial charge is 0.364 e. The van der Waals surface area contributed by atoms with Gasteiger partial charge >= 0.3 is 5.97 Å². The monoisotopic (exact) mass is 309 g/mol. The number of ether oxygens (including phenoxy) is 1. The number of carbonyl (C=O) groups is 2. The summed E-state index contributed by atoms with van der Waals surface area (Å²) in [5.74, 6) is -5.17. The number of aliphatic hydroxyl groups excluding tert-OH is 4. The summed E-state index contributed by atoms with van der Waals surface area (Å²) in [7, 11) is 0.